The molecule has 1 saturated heterocycles. The number of carbonyl (C=O) groups excluding carboxylic acids is 2. The SMILES string of the molecule is C[C@H]1C(=O)N(c2ccc(Oc3ccc(F)cc3F)c(-c3cn(C)c(=O)c4[nH]ccc34)c2)C(=O)N1CC1CC1. The second-order valence-electron chi connectivity index (χ2n) is 9.81. The molecule has 3 heterocycles. The Kier molecular flexibility index (Phi) is 5.55. The lowest BCUT2D eigenvalue weighted by molar-refractivity contribution is -0.119. The first-order valence-corrected chi connectivity index (χ1v) is 12.3. The fourth-order valence-corrected chi connectivity index (χ4v) is 4.88. The van der Waals surface area contributed by atoms with Crippen LogP contribution >= 0.6 is 0 Å². The Morgan fingerprint density at radius 2 is 1.76 bits per heavy atom. The Labute approximate surface area is 216 Å². The largest absolute Gasteiger partial charge is 0.454 e. The molecule has 4 aromatic rings. The summed E-state index contributed by atoms with van der Waals surface area (Å²) in [7, 11) is 1.60. The molecule has 194 valence electrons. The van der Waals surface area contributed by atoms with Gasteiger partial charge in [0.1, 0.15) is 23.1 Å². The Morgan fingerprint density at radius 3 is 2.50 bits per heavy atom. The van der Waals surface area contributed by atoms with E-state index in [0.29, 0.717) is 40.2 Å². The molecule has 3 amide bonds. The van der Waals surface area contributed by atoms with Crippen molar-refractivity contribution < 1.29 is 23.1 Å². The number of aromatic amines is 1. The van der Waals surface area contributed by atoms with Gasteiger partial charge in [-0.2, -0.15) is 0 Å². The van der Waals surface area contributed by atoms with E-state index in [0.717, 1.165) is 29.9 Å². The van der Waals surface area contributed by atoms with Crippen LogP contribution in [0.15, 0.2) is 59.7 Å². The Balaban J connectivity index is 1.50. The Morgan fingerprint density at radius 1 is 1.00 bits per heavy atom. The summed E-state index contributed by atoms with van der Waals surface area (Å²) in [6.07, 6.45) is 5.33. The van der Waals surface area contributed by atoms with Crippen molar-refractivity contribution in [1.82, 2.24) is 14.5 Å². The minimum absolute atomic E-state index is 0.197. The van der Waals surface area contributed by atoms with Gasteiger partial charge in [-0.25, -0.2) is 18.5 Å². The number of pyridine rings is 1. The summed E-state index contributed by atoms with van der Waals surface area (Å²) in [5, 5.41) is 0.581. The van der Waals surface area contributed by atoms with Crippen LogP contribution < -0.4 is 15.2 Å². The fourth-order valence-electron chi connectivity index (χ4n) is 4.88. The second-order valence-corrected chi connectivity index (χ2v) is 9.81. The number of aromatic nitrogens is 2. The number of benzene rings is 2. The molecule has 2 aromatic carbocycles. The van der Waals surface area contributed by atoms with Gasteiger partial charge in [-0.05, 0) is 62.1 Å². The van der Waals surface area contributed by atoms with Crippen molar-refractivity contribution in [3.05, 3.63) is 76.8 Å². The molecular weight excluding hydrogens is 494 g/mol. The van der Waals surface area contributed by atoms with Crippen LogP contribution in [0.5, 0.6) is 11.5 Å². The predicted octanol–water partition coefficient (Wildman–Crippen LogP) is 5.17. The molecule has 2 fully saturated rings. The molecule has 2 aliphatic rings. The summed E-state index contributed by atoms with van der Waals surface area (Å²) in [6, 6.07) is 8.43. The summed E-state index contributed by atoms with van der Waals surface area (Å²) in [5.74, 6) is -1.56. The Hall–Kier alpha value is -4.47. The number of anilines is 1. The standard InChI is InChI=1S/C28H24F2N4O4/c1-15-26(35)34(28(37)33(15)13-16-3-4-16)18-6-8-23(38-24-7-5-17(29)11-22(24)30)20(12-18)21-14-32(2)27(36)25-19(21)9-10-31-25/h5-12,14-16,31H,3-4,13H2,1-2H3/t15-/m0/s1. The number of urea groups is 1. The highest BCUT2D eigenvalue weighted by atomic mass is 19.1. The van der Waals surface area contributed by atoms with Crippen LogP contribution in [0.25, 0.3) is 22.0 Å². The smallest absolute Gasteiger partial charge is 0.332 e. The van der Waals surface area contributed by atoms with E-state index in [1.54, 1.807) is 49.5 Å². The van der Waals surface area contributed by atoms with Crippen molar-refractivity contribution in [2.75, 3.05) is 11.4 Å². The molecule has 0 unspecified atom stereocenters. The third kappa shape index (κ3) is 3.93. The number of nitrogens with one attached hydrogen (secondary N) is 1. The number of hydrogen-bond acceptors (Lipinski definition) is 4. The molecule has 6 rings (SSSR count). The van der Waals surface area contributed by atoms with Crippen LogP contribution in [0.3, 0.4) is 0 Å². The molecule has 0 bridgehead atoms. The molecule has 0 spiro atoms. The molecule has 1 aliphatic carbocycles. The summed E-state index contributed by atoms with van der Waals surface area (Å²) >= 11 is 0. The second kappa shape index (κ2) is 8.83. The molecule has 1 aliphatic heterocycles. The van der Waals surface area contributed by atoms with Crippen LogP contribution in [0.2, 0.25) is 0 Å². The zero-order chi connectivity index (χ0) is 26.7. The lowest BCUT2D eigenvalue weighted by Gasteiger charge is -2.20. The van der Waals surface area contributed by atoms with E-state index in [2.05, 4.69) is 4.98 Å². The van der Waals surface area contributed by atoms with Crippen molar-refractivity contribution in [3.8, 4) is 22.6 Å². The van der Waals surface area contributed by atoms with Gasteiger partial charge in [-0.3, -0.25) is 9.59 Å². The van der Waals surface area contributed by atoms with Gasteiger partial charge >= 0.3 is 6.03 Å². The quantitative estimate of drug-likeness (QED) is 0.357. The minimum atomic E-state index is -0.887. The van der Waals surface area contributed by atoms with Gasteiger partial charge in [0.05, 0.1) is 5.69 Å². The molecule has 38 heavy (non-hydrogen) atoms. The summed E-state index contributed by atoms with van der Waals surface area (Å²) in [5.41, 5.74) is 1.41. The van der Waals surface area contributed by atoms with E-state index in [1.807, 2.05) is 0 Å². The number of aryl methyl sites for hydroxylation is 1. The number of hydrogen-bond donors (Lipinski definition) is 1. The molecular formula is C28H24F2N4O4. The molecule has 1 N–H and O–H groups in total. The lowest BCUT2D eigenvalue weighted by atomic mass is 10.0. The monoisotopic (exact) mass is 518 g/mol. The zero-order valence-electron chi connectivity index (χ0n) is 20.7. The van der Waals surface area contributed by atoms with Crippen molar-refractivity contribution in [2.24, 2.45) is 13.0 Å². The number of fused-ring (bicyclic) bond motifs is 1. The minimum Gasteiger partial charge on any atom is -0.454 e. The van der Waals surface area contributed by atoms with Crippen molar-refractivity contribution in [3.63, 3.8) is 0 Å². The normalized spacial score (nSPS) is 17.6. The van der Waals surface area contributed by atoms with Gasteiger partial charge in [0.2, 0.25) is 0 Å². The van der Waals surface area contributed by atoms with Crippen LogP contribution in [0, 0.1) is 17.6 Å². The fraction of sp³-hybridized carbons (Fsp3) is 0.250. The number of amides is 3. The third-order valence-electron chi connectivity index (χ3n) is 7.15. The molecule has 1 saturated carbocycles. The highest BCUT2D eigenvalue weighted by Gasteiger charge is 2.45. The van der Waals surface area contributed by atoms with E-state index in [-0.39, 0.29) is 23.0 Å². The topological polar surface area (TPSA) is 87.6 Å². The summed E-state index contributed by atoms with van der Waals surface area (Å²) in [4.78, 5) is 44.9. The van der Waals surface area contributed by atoms with E-state index < -0.39 is 23.7 Å². The highest BCUT2D eigenvalue weighted by Crippen LogP contribution is 2.41. The van der Waals surface area contributed by atoms with Crippen LogP contribution in [0.1, 0.15) is 19.8 Å². The van der Waals surface area contributed by atoms with Crippen molar-refractivity contribution >= 4 is 28.5 Å². The summed E-state index contributed by atoms with van der Waals surface area (Å²) < 4.78 is 35.3. The maximum Gasteiger partial charge on any atom is 0.332 e. The van der Waals surface area contributed by atoms with Gasteiger partial charge in [0, 0.05) is 48.6 Å². The van der Waals surface area contributed by atoms with E-state index in [4.69, 9.17) is 4.74 Å². The van der Waals surface area contributed by atoms with Crippen molar-refractivity contribution in [2.45, 2.75) is 25.8 Å². The van der Waals surface area contributed by atoms with Gasteiger partial charge in [-0.15, -0.1) is 0 Å². The molecule has 2 aromatic heterocycles. The average Bonchev–Trinajstić information content (AvgIpc) is 3.53. The van der Waals surface area contributed by atoms with Gasteiger partial charge in [-0.1, -0.05) is 0 Å². The first-order valence-electron chi connectivity index (χ1n) is 12.3. The van der Waals surface area contributed by atoms with Gasteiger partial charge in [0.15, 0.2) is 11.6 Å². The number of H-pyrrole nitrogens is 1. The first-order chi connectivity index (χ1) is 18.2. The molecule has 1 atom stereocenters. The van der Waals surface area contributed by atoms with Crippen LogP contribution in [-0.2, 0) is 11.8 Å². The van der Waals surface area contributed by atoms with Crippen LogP contribution in [0.4, 0.5) is 19.3 Å². The number of halogens is 2. The highest BCUT2D eigenvalue weighted by molar-refractivity contribution is 6.21. The number of ether oxygens (including phenoxy) is 1. The zero-order valence-corrected chi connectivity index (χ0v) is 20.7. The number of rotatable bonds is 6. The Bertz CT molecular complexity index is 1670. The number of carbonyl (C=O) groups is 2. The predicted molar refractivity (Wildman–Crippen MR) is 137 cm³/mol. The maximum absolute atomic E-state index is 14.5. The van der Waals surface area contributed by atoms with E-state index in [9.17, 15) is 23.2 Å². The molecule has 8 nitrogen and oxygen atoms in total. The van der Waals surface area contributed by atoms with E-state index in [1.165, 1.54) is 16.7 Å². The van der Waals surface area contributed by atoms with E-state index >= 15 is 0 Å². The van der Waals surface area contributed by atoms with Crippen molar-refractivity contribution in [1.29, 1.82) is 0 Å². The number of nitrogens with zero attached hydrogens (tertiary/aromatic N) is 3. The van der Waals surface area contributed by atoms with Gasteiger partial charge in [0.25, 0.3) is 11.5 Å². The maximum atomic E-state index is 14.5. The lowest BCUT2D eigenvalue weighted by Crippen LogP contribution is -2.35. The molecule has 10 heteroatoms. The molecule has 0 radical (unpaired) electrons. The summed E-state index contributed by atoms with van der Waals surface area (Å²) in [6.45, 7) is 2.25. The third-order valence-corrected chi connectivity index (χ3v) is 7.15. The van der Waals surface area contributed by atoms with Gasteiger partial charge < -0.3 is 19.2 Å². The van der Waals surface area contributed by atoms with Crippen LogP contribution in [-0.4, -0.2) is 39.0 Å². The first kappa shape index (κ1) is 23.9. The number of imide groups is 1. The average molecular weight is 519 g/mol.